The summed E-state index contributed by atoms with van der Waals surface area (Å²) in [5.41, 5.74) is 4.40. The van der Waals surface area contributed by atoms with Crippen LogP contribution in [-0.2, 0) is 14.3 Å². The third kappa shape index (κ3) is 4.23. The van der Waals surface area contributed by atoms with E-state index in [-0.39, 0.29) is 31.3 Å². The molecule has 0 aliphatic heterocycles. The molecule has 152 valence electrons. The van der Waals surface area contributed by atoms with Crippen molar-refractivity contribution in [3.05, 3.63) is 59.7 Å². The lowest BCUT2D eigenvalue weighted by molar-refractivity contribution is -0.142. The van der Waals surface area contributed by atoms with Gasteiger partial charge < -0.3 is 15.2 Å². The molecule has 0 spiro atoms. The molecule has 1 unspecified atom stereocenters. The summed E-state index contributed by atoms with van der Waals surface area (Å²) < 4.78 is 5.49. The number of nitrogens with one attached hydrogen (secondary N) is 1. The molecule has 2 aromatic rings. The molecule has 0 saturated heterocycles. The SMILES string of the molecule is CNC(=O)CCC(C(=O)O)N(C)C(=O)OCC1c2ccccc2-c2ccccc21. The van der Waals surface area contributed by atoms with Crippen molar-refractivity contribution < 1.29 is 24.2 Å². The Morgan fingerprint density at radius 1 is 1.07 bits per heavy atom. The van der Waals surface area contributed by atoms with Gasteiger partial charge in [-0.3, -0.25) is 9.69 Å². The van der Waals surface area contributed by atoms with E-state index in [0.29, 0.717) is 0 Å². The second kappa shape index (κ2) is 8.77. The van der Waals surface area contributed by atoms with Crippen LogP contribution in [0, 0.1) is 0 Å². The number of ether oxygens (including phenoxy) is 1. The minimum Gasteiger partial charge on any atom is -0.480 e. The van der Waals surface area contributed by atoms with Crippen molar-refractivity contribution in [2.45, 2.75) is 24.8 Å². The smallest absolute Gasteiger partial charge is 0.410 e. The number of rotatable bonds is 7. The van der Waals surface area contributed by atoms with Crippen molar-refractivity contribution >= 4 is 18.0 Å². The lowest BCUT2D eigenvalue weighted by atomic mass is 9.98. The number of hydrogen-bond acceptors (Lipinski definition) is 4. The van der Waals surface area contributed by atoms with E-state index in [2.05, 4.69) is 5.32 Å². The van der Waals surface area contributed by atoms with E-state index in [9.17, 15) is 19.5 Å². The average molecular weight is 396 g/mol. The van der Waals surface area contributed by atoms with Crippen molar-refractivity contribution in [1.29, 1.82) is 0 Å². The Morgan fingerprint density at radius 3 is 2.14 bits per heavy atom. The highest BCUT2D eigenvalue weighted by Gasteiger charge is 2.32. The number of amides is 2. The lowest BCUT2D eigenvalue weighted by Crippen LogP contribution is -2.43. The van der Waals surface area contributed by atoms with Crippen molar-refractivity contribution in [2.24, 2.45) is 0 Å². The van der Waals surface area contributed by atoms with E-state index in [1.54, 1.807) is 0 Å². The topological polar surface area (TPSA) is 95.9 Å². The highest BCUT2D eigenvalue weighted by atomic mass is 16.6. The Labute approximate surface area is 169 Å². The molecular formula is C22H24N2O5. The molecule has 1 aliphatic rings. The van der Waals surface area contributed by atoms with Gasteiger partial charge in [-0.05, 0) is 28.7 Å². The third-order valence-electron chi connectivity index (χ3n) is 5.30. The minimum atomic E-state index is -1.18. The van der Waals surface area contributed by atoms with Gasteiger partial charge in [0.1, 0.15) is 12.6 Å². The molecule has 29 heavy (non-hydrogen) atoms. The van der Waals surface area contributed by atoms with Gasteiger partial charge in [0.15, 0.2) is 0 Å². The van der Waals surface area contributed by atoms with Crippen molar-refractivity contribution in [3.8, 4) is 11.1 Å². The molecule has 2 amide bonds. The first kappa shape index (κ1) is 20.4. The van der Waals surface area contributed by atoms with E-state index in [0.717, 1.165) is 27.2 Å². The van der Waals surface area contributed by atoms with Crippen molar-refractivity contribution in [1.82, 2.24) is 10.2 Å². The zero-order valence-electron chi connectivity index (χ0n) is 16.4. The van der Waals surface area contributed by atoms with Crippen LogP contribution in [0.1, 0.15) is 29.9 Å². The van der Waals surface area contributed by atoms with Gasteiger partial charge in [-0.15, -0.1) is 0 Å². The van der Waals surface area contributed by atoms with Crippen LogP contribution in [-0.4, -0.2) is 54.7 Å². The molecule has 0 fully saturated rings. The molecule has 0 saturated carbocycles. The van der Waals surface area contributed by atoms with Gasteiger partial charge in [0, 0.05) is 26.4 Å². The summed E-state index contributed by atoms with van der Waals surface area (Å²) in [6, 6.07) is 14.8. The quantitative estimate of drug-likeness (QED) is 0.750. The van der Waals surface area contributed by atoms with E-state index in [1.165, 1.54) is 14.1 Å². The van der Waals surface area contributed by atoms with Crippen LogP contribution in [0.2, 0.25) is 0 Å². The van der Waals surface area contributed by atoms with Crippen molar-refractivity contribution in [3.63, 3.8) is 0 Å². The van der Waals surface area contributed by atoms with Gasteiger partial charge in [0.25, 0.3) is 0 Å². The van der Waals surface area contributed by atoms with Gasteiger partial charge in [-0.1, -0.05) is 48.5 Å². The first-order valence-electron chi connectivity index (χ1n) is 9.45. The summed E-state index contributed by atoms with van der Waals surface area (Å²) in [6.07, 6.45) is -0.708. The number of carbonyl (C=O) groups excluding carboxylic acids is 2. The molecule has 7 heteroatoms. The molecule has 0 radical (unpaired) electrons. The third-order valence-corrected chi connectivity index (χ3v) is 5.30. The fourth-order valence-corrected chi connectivity index (χ4v) is 3.70. The van der Waals surface area contributed by atoms with Gasteiger partial charge in [0.2, 0.25) is 5.91 Å². The van der Waals surface area contributed by atoms with Crippen LogP contribution in [0.3, 0.4) is 0 Å². The number of carboxylic acids is 1. The zero-order valence-corrected chi connectivity index (χ0v) is 16.4. The predicted octanol–water partition coefficient (Wildman–Crippen LogP) is 2.85. The molecule has 2 aromatic carbocycles. The van der Waals surface area contributed by atoms with E-state index < -0.39 is 18.1 Å². The molecule has 0 aromatic heterocycles. The number of nitrogens with zero attached hydrogens (tertiary/aromatic N) is 1. The standard InChI is InChI=1S/C22H24N2O5/c1-23-20(25)12-11-19(21(26)27)24(2)22(28)29-13-18-16-9-5-3-7-14(16)15-8-4-6-10-17(15)18/h3-10,18-19H,11-13H2,1-2H3,(H,23,25)(H,26,27). The first-order valence-corrected chi connectivity index (χ1v) is 9.45. The van der Waals surface area contributed by atoms with Gasteiger partial charge in [-0.25, -0.2) is 9.59 Å². The largest absolute Gasteiger partial charge is 0.480 e. The second-order valence-corrected chi connectivity index (χ2v) is 6.98. The lowest BCUT2D eigenvalue weighted by Gasteiger charge is -2.25. The van der Waals surface area contributed by atoms with Crippen LogP contribution < -0.4 is 5.32 Å². The number of aliphatic carboxylic acids is 1. The maximum absolute atomic E-state index is 12.5. The maximum Gasteiger partial charge on any atom is 0.410 e. The highest BCUT2D eigenvalue weighted by Crippen LogP contribution is 2.44. The highest BCUT2D eigenvalue weighted by molar-refractivity contribution is 5.82. The molecule has 1 atom stereocenters. The maximum atomic E-state index is 12.5. The average Bonchev–Trinajstić information content (AvgIpc) is 3.05. The molecule has 2 N–H and O–H groups in total. The molecule has 7 nitrogen and oxygen atoms in total. The Kier molecular flexibility index (Phi) is 6.16. The molecule has 1 aliphatic carbocycles. The van der Waals surface area contributed by atoms with Crippen LogP contribution >= 0.6 is 0 Å². The van der Waals surface area contributed by atoms with Gasteiger partial charge in [0.05, 0.1) is 0 Å². The Bertz CT molecular complexity index is 881. The number of carboxylic acid groups (broad SMARTS) is 1. The van der Waals surface area contributed by atoms with Gasteiger partial charge in [-0.2, -0.15) is 0 Å². The summed E-state index contributed by atoms with van der Waals surface area (Å²) in [5.74, 6) is -1.56. The van der Waals surface area contributed by atoms with E-state index in [4.69, 9.17) is 4.74 Å². The number of fused-ring (bicyclic) bond motifs is 3. The Balaban J connectivity index is 1.70. The Hall–Kier alpha value is -3.35. The van der Waals surface area contributed by atoms with E-state index >= 15 is 0 Å². The Morgan fingerprint density at radius 2 is 1.62 bits per heavy atom. The predicted molar refractivity (Wildman–Crippen MR) is 108 cm³/mol. The van der Waals surface area contributed by atoms with E-state index in [1.807, 2.05) is 48.5 Å². The van der Waals surface area contributed by atoms with Crippen LogP contribution in [0.25, 0.3) is 11.1 Å². The normalized spacial score (nSPS) is 13.2. The summed E-state index contributed by atoms with van der Waals surface area (Å²) in [6.45, 7) is 0.110. The van der Waals surface area contributed by atoms with Crippen LogP contribution in [0.15, 0.2) is 48.5 Å². The molecular weight excluding hydrogens is 372 g/mol. The summed E-state index contributed by atoms with van der Waals surface area (Å²) in [5, 5.41) is 11.9. The summed E-state index contributed by atoms with van der Waals surface area (Å²) >= 11 is 0. The monoisotopic (exact) mass is 396 g/mol. The fraction of sp³-hybridized carbons (Fsp3) is 0.318. The second-order valence-electron chi connectivity index (χ2n) is 6.98. The number of likely N-dealkylation sites (N-methyl/N-ethyl adjacent to an activating group) is 1. The zero-order chi connectivity index (χ0) is 21.0. The first-order chi connectivity index (χ1) is 13.9. The fourth-order valence-electron chi connectivity index (χ4n) is 3.70. The van der Waals surface area contributed by atoms with Gasteiger partial charge >= 0.3 is 12.1 Å². The van der Waals surface area contributed by atoms with Crippen molar-refractivity contribution in [2.75, 3.05) is 20.7 Å². The number of hydrogen-bond donors (Lipinski definition) is 2. The number of carbonyl (C=O) groups is 3. The summed E-state index contributed by atoms with van der Waals surface area (Å²) in [4.78, 5) is 36.5. The minimum absolute atomic E-state index is 0.00840. The van der Waals surface area contributed by atoms with Crippen LogP contribution in [0.5, 0.6) is 0 Å². The molecule has 3 rings (SSSR count). The summed E-state index contributed by atoms with van der Waals surface area (Å²) in [7, 11) is 2.86. The number of benzene rings is 2. The van der Waals surface area contributed by atoms with Crippen LogP contribution in [0.4, 0.5) is 4.79 Å². The molecule has 0 bridgehead atoms. The molecule has 0 heterocycles.